The number of nitrogens with one attached hydrogen (secondary N) is 2. The lowest BCUT2D eigenvalue weighted by Crippen LogP contribution is -2.60. The Morgan fingerprint density at radius 1 is 1.24 bits per heavy atom. The number of benzene rings is 1. The van der Waals surface area contributed by atoms with Crippen molar-refractivity contribution < 1.29 is 14.3 Å². The van der Waals surface area contributed by atoms with Crippen molar-refractivity contribution in [3.05, 3.63) is 29.8 Å². The molecule has 2 atom stereocenters. The summed E-state index contributed by atoms with van der Waals surface area (Å²) < 4.78 is 5.27. The Morgan fingerprint density at radius 2 is 2.00 bits per heavy atom. The standard InChI is InChI=1S/C20H28N2O3/c1-3-21-19(24)20(10-5-4-6-11-20)22-18(23)17-13-16(17)14-8-7-9-15(12-14)25-2/h7-9,12,16-17H,3-6,10-11,13H2,1-2H3,(H,21,24)(H,22,23)/t16-,17-/m0/s1. The molecule has 2 aliphatic carbocycles. The van der Waals surface area contributed by atoms with Gasteiger partial charge in [0.05, 0.1) is 7.11 Å². The molecule has 2 amide bonds. The molecule has 0 saturated heterocycles. The molecule has 1 aromatic carbocycles. The van der Waals surface area contributed by atoms with Crippen molar-refractivity contribution in [3.8, 4) is 5.75 Å². The number of likely N-dealkylation sites (N-methyl/N-ethyl adjacent to an activating group) is 1. The molecule has 0 radical (unpaired) electrons. The molecule has 0 aromatic heterocycles. The van der Waals surface area contributed by atoms with E-state index in [1.807, 2.05) is 31.2 Å². The SMILES string of the molecule is CCNC(=O)C1(NC(=O)[C@H]2C[C@H]2c2cccc(OC)c2)CCCCC1. The third-order valence-corrected chi connectivity index (χ3v) is 5.49. The van der Waals surface area contributed by atoms with E-state index in [-0.39, 0.29) is 23.7 Å². The summed E-state index contributed by atoms with van der Waals surface area (Å²) in [4.78, 5) is 25.4. The summed E-state index contributed by atoms with van der Waals surface area (Å²) >= 11 is 0. The van der Waals surface area contributed by atoms with Crippen molar-refractivity contribution in [1.29, 1.82) is 0 Å². The van der Waals surface area contributed by atoms with Crippen LogP contribution in [-0.4, -0.2) is 31.0 Å². The second-order valence-electron chi connectivity index (χ2n) is 7.22. The molecule has 2 N–H and O–H groups in total. The number of carbonyl (C=O) groups is 2. The Balaban J connectivity index is 1.67. The fourth-order valence-electron chi connectivity index (χ4n) is 3.95. The van der Waals surface area contributed by atoms with Gasteiger partial charge in [-0.1, -0.05) is 31.4 Å². The monoisotopic (exact) mass is 344 g/mol. The first-order valence-electron chi connectivity index (χ1n) is 9.34. The summed E-state index contributed by atoms with van der Waals surface area (Å²) in [7, 11) is 1.65. The summed E-state index contributed by atoms with van der Waals surface area (Å²) in [5.41, 5.74) is 0.419. The van der Waals surface area contributed by atoms with Crippen LogP contribution in [0.3, 0.4) is 0 Å². The van der Waals surface area contributed by atoms with Gasteiger partial charge >= 0.3 is 0 Å². The third kappa shape index (κ3) is 3.80. The van der Waals surface area contributed by atoms with Crippen molar-refractivity contribution in [1.82, 2.24) is 10.6 Å². The smallest absolute Gasteiger partial charge is 0.245 e. The summed E-state index contributed by atoms with van der Waals surface area (Å²) in [6.07, 6.45) is 5.42. The highest BCUT2D eigenvalue weighted by atomic mass is 16.5. The number of carbonyl (C=O) groups excluding carboxylic acids is 2. The predicted molar refractivity (Wildman–Crippen MR) is 96.5 cm³/mol. The molecule has 0 unspecified atom stereocenters. The van der Waals surface area contributed by atoms with Gasteiger partial charge in [0.15, 0.2) is 0 Å². The highest BCUT2D eigenvalue weighted by Gasteiger charge is 2.48. The summed E-state index contributed by atoms with van der Waals surface area (Å²) in [6, 6.07) is 7.91. The van der Waals surface area contributed by atoms with Crippen molar-refractivity contribution in [3.63, 3.8) is 0 Å². The van der Waals surface area contributed by atoms with Gasteiger partial charge in [0.2, 0.25) is 11.8 Å². The molecule has 0 heterocycles. The maximum atomic E-state index is 12.8. The van der Waals surface area contributed by atoms with Crippen LogP contribution in [-0.2, 0) is 9.59 Å². The van der Waals surface area contributed by atoms with Crippen LogP contribution in [0.5, 0.6) is 5.75 Å². The molecule has 0 aliphatic heterocycles. The summed E-state index contributed by atoms with van der Waals surface area (Å²) in [5, 5.41) is 6.03. The lowest BCUT2D eigenvalue weighted by Gasteiger charge is -2.36. The number of amides is 2. The second kappa shape index (κ2) is 7.46. The highest BCUT2D eigenvalue weighted by Crippen LogP contribution is 2.48. The molecule has 0 bridgehead atoms. The quantitative estimate of drug-likeness (QED) is 0.834. The van der Waals surface area contributed by atoms with Crippen molar-refractivity contribution >= 4 is 11.8 Å². The van der Waals surface area contributed by atoms with Gasteiger partial charge in [-0.3, -0.25) is 9.59 Å². The molecular weight excluding hydrogens is 316 g/mol. The Bertz CT molecular complexity index is 638. The molecule has 5 nitrogen and oxygen atoms in total. The minimum atomic E-state index is -0.715. The first-order chi connectivity index (χ1) is 12.1. The number of methoxy groups -OCH3 is 1. The molecular formula is C20H28N2O3. The van der Waals surface area contributed by atoms with E-state index >= 15 is 0 Å². The van der Waals surface area contributed by atoms with Gasteiger partial charge in [-0.15, -0.1) is 0 Å². The maximum absolute atomic E-state index is 12.8. The van der Waals surface area contributed by atoms with Gasteiger partial charge in [-0.25, -0.2) is 0 Å². The molecule has 25 heavy (non-hydrogen) atoms. The largest absolute Gasteiger partial charge is 0.497 e. The van der Waals surface area contributed by atoms with Crippen LogP contribution in [0.1, 0.15) is 56.9 Å². The first kappa shape index (κ1) is 17.8. The third-order valence-electron chi connectivity index (χ3n) is 5.49. The number of hydrogen-bond acceptors (Lipinski definition) is 3. The Hall–Kier alpha value is -2.04. The van der Waals surface area contributed by atoms with E-state index in [1.165, 1.54) is 0 Å². The van der Waals surface area contributed by atoms with Gasteiger partial charge in [0.25, 0.3) is 0 Å². The molecule has 2 fully saturated rings. The van der Waals surface area contributed by atoms with Gasteiger partial charge in [-0.2, -0.15) is 0 Å². The first-order valence-corrected chi connectivity index (χ1v) is 9.34. The van der Waals surface area contributed by atoms with E-state index in [0.717, 1.165) is 49.8 Å². The summed E-state index contributed by atoms with van der Waals surface area (Å²) in [6.45, 7) is 2.50. The van der Waals surface area contributed by atoms with Crippen molar-refractivity contribution in [2.75, 3.05) is 13.7 Å². The Morgan fingerprint density at radius 3 is 2.68 bits per heavy atom. The topological polar surface area (TPSA) is 67.4 Å². The second-order valence-corrected chi connectivity index (χ2v) is 7.22. The molecule has 2 saturated carbocycles. The zero-order valence-electron chi connectivity index (χ0n) is 15.1. The Kier molecular flexibility index (Phi) is 5.30. The van der Waals surface area contributed by atoms with E-state index in [4.69, 9.17) is 4.74 Å². The molecule has 2 aliphatic rings. The molecule has 0 spiro atoms. The van der Waals surface area contributed by atoms with Gasteiger partial charge in [-0.05, 0) is 49.8 Å². The fraction of sp³-hybridized carbons (Fsp3) is 0.600. The van der Waals surface area contributed by atoms with Gasteiger partial charge in [0.1, 0.15) is 11.3 Å². The minimum Gasteiger partial charge on any atom is -0.497 e. The summed E-state index contributed by atoms with van der Waals surface area (Å²) in [5.74, 6) is 0.988. The molecule has 1 aromatic rings. The van der Waals surface area contributed by atoms with Gasteiger partial charge in [0, 0.05) is 12.5 Å². The van der Waals surface area contributed by atoms with E-state index in [0.29, 0.717) is 6.54 Å². The van der Waals surface area contributed by atoms with Crippen LogP contribution in [0.4, 0.5) is 0 Å². The van der Waals surface area contributed by atoms with E-state index in [1.54, 1.807) is 7.11 Å². The zero-order chi connectivity index (χ0) is 17.9. The number of hydrogen-bond donors (Lipinski definition) is 2. The van der Waals surface area contributed by atoms with Crippen LogP contribution in [0.2, 0.25) is 0 Å². The highest BCUT2D eigenvalue weighted by molar-refractivity contribution is 5.93. The van der Waals surface area contributed by atoms with Crippen LogP contribution < -0.4 is 15.4 Å². The van der Waals surface area contributed by atoms with Crippen LogP contribution >= 0.6 is 0 Å². The Labute approximate surface area is 149 Å². The minimum absolute atomic E-state index is 0.0148. The molecule has 136 valence electrons. The number of rotatable bonds is 6. The fourth-order valence-corrected chi connectivity index (χ4v) is 3.95. The lowest BCUT2D eigenvalue weighted by molar-refractivity contribution is -0.135. The molecule has 3 rings (SSSR count). The van der Waals surface area contributed by atoms with Crippen LogP contribution in [0.25, 0.3) is 0 Å². The number of ether oxygens (including phenoxy) is 1. The van der Waals surface area contributed by atoms with Crippen molar-refractivity contribution in [2.45, 2.75) is 56.9 Å². The van der Waals surface area contributed by atoms with Crippen LogP contribution in [0.15, 0.2) is 24.3 Å². The average molecular weight is 344 g/mol. The van der Waals surface area contributed by atoms with E-state index in [9.17, 15) is 9.59 Å². The van der Waals surface area contributed by atoms with Gasteiger partial charge < -0.3 is 15.4 Å². The van der Waals surface area contributed by atoms with Crippen molar-refractivity contribution in [2.24, 2.45) is 5.92 Å². The normalized spacial score (nSPS) is 24.2. The zero-order valence-corrected chi connectivity index (χ0v) is 15.1. The average Bonchev–Trinajstić information content (AvgIpc) is 3.44. The lowest BCUT2D eigenvalue weighted by atomic mass is 9.80. The predicted octanol–water partition coefficient (Wildman–Crippen LogP) is 2.75. The van der Waals surface area contributed by atoms with E-state index < -0.39 is 5.54 Å². The van der Waals surface area contributed by atoms with Crippen LogP contribution in [0, 0.1) is 5.92 Å². The molecule has 5 heteroatoms. The van der Waals surface area contributed by atoms with E-state index in [2.05, 4.69) is 10.6 Å². The maximum Gasteiger partial charge on any atom is 0.245 e.